The number of benzene rings is 2. The molecule has 0 spiro atoms. The van der Waals surface area contributed by atoms with Crippen LogP contribution >= 0.6 is 0 Å². The Morgan fingerprint density at radius 2 is 1.81 bits per heavy atom. The minimum absolute atomic E-state index is 0.00815. The van der Waals surface area contributed by atoms with Crippen LogP contribution in [-0.2, 0) is 0 Å². The highest BCUT2D eigenvalue weighted by Gasteiger charge is 2.34. The highest BCUT2D eigenvalue weighted by Crippen LogP contribution is 2.22. The molecule has 0 N–H and O–H groups in total. The van der Waals surface area contributed by atoms with E-state index in [1.807, 2.05) is 37.3 Å². The molecule has 2 aromatic carbocycles. The average Bonchev–Trinajstić information content (AvgIpc) is 3.00. The first-order chi connectivity index (χ1) is 12.6. The second-order valence-corrected chi connectivity index (χ2v) is 6.29. The highest BCUT2D eigenvalue weighted by atomic mass is 19.1. The van der Waals surface area contributed by atoms with Crippen LogP contribution in [0.15, 0.2) is 60.8 Å². The lowest BCUT2D eigenvalue weighted by Crippen LogP contribution is -2.56. The van der Waals surface area contributed by atoms with E-state index in [-0.39, 0.29) is 17.8 Å². The third-order valence-electron chi connectivity index (χ3n) is 4.49. The number of aromatic nitrogens is 2. The molecule has 4 rings (SSSR count). The molecule has 0 saturated carbocycles. The van der Waals surface area contributed by atoms with E-state index in [0.29, 0.717) is 18.7 Å². The lowest BCUT2D eigenvalue weighted by Gasteiger charge is -2.38. The van der Waals surface area contributed by atoms with Crippen molar-refractivity contribution in [3.8, 4) is 11.4 Å². The summed E-state index contributed by atoms with van der Waals surface area (Å²) >= 11 is 0. The topological polar surface area (TPSA) is 47.4 Å². The molecule has 1 fully saturated rings. The lowest BCUT2D eigenvalue weighted by molar-refractivity contribution is 0.0177. The van der Waals surface area contributed by atoms with Gasteiger partial charge in [-0.3, -0.25) is 4.79 Å². The fraction of sp³-hybridized carbons (Fsp3) is 0.200. The molecule has 0 aliphatic carbocycles. The number of ether oxygens (including phenoxy) is 1. The van der Waals surface area contributed by atoms with Crippen LogP contribution in [0.3, 0.4) is 0 Å². The summed E-state index contributed by atoms with van der Waals surface area (Å²) < 4.78 is 20.6. The summed E-state index contributed by atoms with van der Waals surface area (Å²) in [5.74, 6) is 0.438. The summed E-state index contributed by atoms with van der Waals surface area (Å²) in [7, 11) is 0. The van der Waals surface area contributed by atoms with E-state index < -0.39 is 0 Å². The Labute approximate surface area is 150 Å². The fourth-order valence-electron chi connectivity index (χ4n) is 3.00. The maximum atomic E-state index is 13.1. The molecule has 2 heterocycles. The van der Waals surface area contributed by atoms with E-state index in [1.165, 1.54) is 12.1 Å². The van der Waals surface area contributed by atoms with Crippen molar-refractivity contribution in [2.75, 3.05) is 13.1 Å². The fourth-order valence-corrected chi connectivity index (χ4v) is 3.00. The molecule has 6 heteroatoms. The van der Waals surface area contributed by atoms with Gasteiger partial charge in [-0.05, 0) is 43.3 Å². The maximum absolute atomic E-state index is 13.1. The molecule has 1 saturated heterocycles. The normalized spacial score (nSPS) is 14.2. The largest absolute Gasteiger partial charge is 0.487 e. The number of likely N-dealkylation sites (tertiary alicyclic amines) is 1. The molecular formula is C20H18FN3O2. The molecule has 0 radical (unpaired) electrons. The van der Waals surface area contributed by atoms with Gasteiger partial charge in [0.25, 0.3) is 5.91 Å². The van der Waals surface area contributed by atoms with Crippen molar-refractivity contribution in [2.45, 2.75) is 13.0 Å². The monoisotopic (exact) mass is 351 g/mol. The Kier molecular flexibility index (Phi) is 4.16. The first-order valence-corrected chi connectivity index (χ1v) is 8.43. The summed E-state index contributed by atoms with van der Waals surface area (Å²) in [5.41, 5.74) is 2.00. The van der Waals surface area contributed by atoms with Gasteiger partial charge in [0.2, 0.25) is 0 Å². The van der Waals surface area contributed by atoms with Crippen LogP contribution in [0.2, 0.25) is 0 Å². The van der Waals surface area contributed by atoms with Crippen molar-refractivity contribution in [1.29, 1.82) is 0 Å². The predicted molar refractivity (Wildman–Crippen MR) is 95.0 cm³/mol. The quantitative estimate of drug-likeness (QED) is 0.725. The number of rotatable bonds is 4. The number of para-hydroxylation sites is 1. The van der Waals surface area contributed by atoms with Crippen molar-refractivity contribution in [3.63, 3.8) is 0 Å². The number of amides is 1. The minimum Gasteiger partial charge on any atom is -0.487 e. The molecule has 132 valence electrons. The molecular weight excluding hydrogens is 333 g/mol. The zero-order chi connectivity index (χ0) is 18.1. The van der Waals surface area contributed by atoms with Gasteiger partial charge < -0.3 is 9.64 Å². The average molecular weight is 351 g/mol. The number of nitrogens with zero attached hydrogens (tertiary/aromatic N) is 3. The van der Waals surface area contributed by atoms with Gasteiger partial charge in [0, 0.05) is 0 Å². The highest BCUT2D eigenvalue weighted by molar-refractivity contribution is 5.95. The molecule has 1 amide bonds. The Morgan fingerprint density at radius 3 is 2.50 bits per heavy atom. The summed E-state index contributed by atoms with van der Waals surface area (Å²) in [6.07, 6.45) is 1.57. The van der Waals surface area contributed by atoms with Crippen LogP contribution in [0.5, 0.6) is 5.75 Å². The second-order valence-electron chi connectivity index (χ2n) is 6.29. The van der Waals surface area contributed by atoms with E-state index in [9.17, 15) is 9.18 Å². The predicted octanol–water partition coefficient (Wildman–Crippen LogP) is 3.22. The van der Waals surface area contributed by atoms with Crippen molar-refractivity contribution < 1.29 is 13.9 Å². The minimum atomic E-state index is -0.306. The summed E-state index contributed by atoms with van der Waals surface area (Å²) in [6.45, 7) is 2.94. The molecule has 0 unspecified atom stereocenters. The first-order valence-electron chi connectivity index (χ1n) is 8.43. The number of carbonyl (C=O) groups excluding carboxylic acids is 1. The van der Waals surface area contributed by atoms with E-state index in [1.54, 1.807) is 27.9 Å². The molecule has 3 aromatic rings. The summed E-state index contributed by atoms with van der Waals surface area (Å²) in [4.78, 5) is 14.4. The van der Waals surface area contributed by atoms with E-state index >= 15 is 0 Å². The van der Waals surface area contributed by atoms with Gasteiger partial charge in [0.1, 0.15) is 17.7 Å². The van der Waals surface area contributed by atoms with Gasteiger partial charge in [-0.1, -0.05) is 18.2 Å². The van der Waals surface area contributed by atoms with Crippen LogP contribution in [0, 0.1) is 12.7 Å². The van der Waals surface area contributed by atoms with E-state index in [4.69, 9.17) is 4.74 Å². The molecule has 0 atom stereocenters. The molecule has 26 heavy (non-hydrogen) atoms. The van der Waals surface area contributed by atoms with Crippen LogP contribution in [0.1, 0.15) is 16.1 Å². The van der Waals surface area contributed by atoms with Gasteiger partial charge in [-0.15, -0.1) is 0 Å². The molecule has 5 nitrogen and oxygen atoms in total. The second kappa shape index (κ2) is 6.63. The number of hydrogen-bond acceptors (Lipinski definition) is 3. The van der Waals surface area contributed by atoms with Crippen LogP contribution in [0.25, 0.3) is 5.69 Å². The standard InChI is InChI=1S/C20H18FN3O2/c1-14-19(11-22-24(14)16-9-7-15(21)8-10-16)20(25)23-12-18(13-23)26-17-5-3-2-4-6-17/h2-11,18H,12-13H2,1H3. The third kappa shape index (κ3) is 3.06. The molecule has 1 aliphatic rings. The molecule has 0 bridgehead atoms. The van der Waals surface area contributed by atoms with Crippen molar-refractivity contribution in [3.05, 3.63) is 77.9 Å². The van der Waals surface area contributed by atoms with Crippen LogP contribution in [0.4, 0.5) is 4.39 Å². The van der Waals surface area contributed by atoms with Gasteiger partial charge in [-0.25, -0.2) is 9.07 Å². The smallest absolute Gasteiger partial charge is 0.257 e. The SMILES string of the molecule is Cc1c(C(=O)N2CC(Oc3ccccc3)C2)cnn1-c1ccc(F)cc1. The maximum Gasteiger partial charge on any atom is 0.257 e. The van der Waals surface area contributed by atoms with Gasteiger partial charge in [0.05, 0.1) is 36.2 Å². The summed E-state index contributed by atoms with van der Waals surface area (Å²) in [5, 5.41) is 4.28. The van der Waals surface area contributed by atoms with Gasteiger partial charge >= 0.3 is 0 Å². The number of halogens is 1. The Bertz CT molecular complexity index is 916. The Hall–Kier alpha value is -3.15. The van der Waals surface area contributed by atoms with Gasteiger partial charge in [-0.2, -0.15) is 5.10 Å². The Balaban J connectivity index is 1.43. The number of carbonyl (C=O) groups is 1. The molecule has 1 aromatic heterocycles. The van der Waals surface area contributed by atoms with E-state index in [2.05, 4.69) is 5.10 Å². The van der Waals surface area contributed by atoms with Crippen LogP contribution in [-0.4, -0.2) is 39.8 Å². The zero-order valence-electron chi connectivity index (χ0n) is 14.3. The Morgan fingerprint density at radius 1 is 1.12 bits per heavy atom. The van der Waals surface area contributed by atoms with E-state index in [0.717, 1.165) is 17.1 Å². The van der Waals surface area contributed by atoms with Crippen molar-refractivity contribution >= 4 is 5.91 Å². The summed E-state index contributed by atoms with van der Waals surface area (Å²) in [6, 6.07) is 15.6. The zero-order valence-corrected chi connectivity index (χ0v) is 14.3. The van der Waals surface area contributed by atoms with Crippen molar-refractivity contribution in [2.24, 2.45) is 0 Å². The number of hydrogen-bond donors (Lipinski definition) is 0. The van der Waals surface area contributed by atoms with Crippen LogP contribution < -0.4 is 4.74 Å². The first kappa shape index (κ1) is 16.3. The van der Waals surface area contributed by atoms with Crippen molar-refractivity contribution in [1.82, 2.24) is 14.7 Å². The molecule has 1 aliphatic heterocycles. The third-order valence-corrected chi connectivity index (χ3v) is 4.49. The lowest BCUT2D eigenvalue weighted by atomic mass is 10.1. The van der Waals surface area contributed by atoms with Gasteiger partial charge in [0.15, 0.2) is 0 Å².